The van der Waals surface area contributed by atoms with Gasteiger partial charge in [-0.05, 0) is 25.0 Å². The van der Waals surface area contributed by atoms with Gasteiger partial charge in [-0.15, -0.1) is 0 Å². The molecule has 0 bridgehead atoms. The molecular formula is C26H30ClN5O3. The quantitative estimate of drug-likeness (QED) is 0.602. The van der Waals surface area contributed by atoms with Gasteiger partial charge in [0.2, 0.25) is 0 Å². The zero-order valence-corrected chi connectivity index (χ0v) is 21.2. The molecule has 2 fully saturated rings. The summed E-state index contributed by atoms with van der Waals surface area (Å²) in [6.07, 6.45) is 5.58. The summed E-state index contributed by atoms with van der Waals surface area (Å²) in [5.41, 5.74) is -0.0806. The maximum atomic E-state index is 13.1. The van der Waals surface area contributed by atoms with Crippen molar-refractivity contribution in [2.24, 2.45) is 16.7 Å². The van der Waals surface area contributed by atoms with E-state index in [0.717, 1.165) is 38.0 Å². The smallest absolute Gasteiger partial charge is 0.253 e. The lowest BCUT2D eigenvalue weighted by molar-refractivity contribution is -0.164. The molecule has 2 aliphatic rings. The molecule has 2 aromatic rings. The minimum Gasteiger partial charge on any atom is -0.487 e. The Morgan fingerprint density at radius 2 is 1.89 bits per heavy atom. The highest BCUT2D eigenvalue weighted by atomic mass is 35.5. The maximum Gasteiger partial charge on any atom is 0.253 e. The van der Waals surface area contributed by atoms with Crippen molar-refractivity contribution in [3.8, 4) is 11.8 Å². The Balaban J connectivity index is 1.41. The molecule has 1 aliphatic heterocycles. The van der Waals surface area contributed by atoms with Crippen molar-refractivity contribution in [3.63, 3.8) is 0 Å². The summed E-state index contributed by atoms with van der Waals surface area (Å²) in [4.78, 5) is 34.7. The first-order valence-corrected chi connectivity index (χ1v) is 12.1. The van der Waals surface area contributed by atoms with Crippen LogP contribution in [0.3, 0.4) is 0 Å². The molecule has 0 radical (unpaired) electrons. The number of ether oxygens (including phenoxy) is 1. The van der Waals surface area contributed by atoms with Crippen LogP contribution in [0.25, 0.3) is 0 Å². The minimum absolute atomic E-state index is 0.128. The molecular weight excluding hydrogens is 466 g/mol. The lowest BCUT2D eigenvalue weighted by Gasteiger charge is -2.63. The summed E-state index contributed by atoms with van der Waals surface area (Å²) < 4.78 is 6.23. The van der Waals surface area contributed by atoms with Crippen molar-refractivity contribution in [2.45, 2.75) is 52.7 Å². The molecule has 0 unspecified atom stereocenters. The predicted molar refractivity (Wildman–Crippen MR) is 132 cm³/mol. The number of aromatic nitrogens is 2. The van der Waals surface area contributed by atoms with Gasteiger partial charge < -0.3 is 19.7 Å². The van der Waals surface area contributed by atoms with E-state index in [1.165, 1.54) is 6.20 Å². The lowest BCUT2D eigenvalue weighted by atomic mass is 9.49. The number of nitrogens with one attached hydrogen (secondary N) is 1. The van der Waals surface area contributed by atoms with Crippen molar-refractivity contribution < 1.29 is 14.3 Å². The Bertz CT molecular complexity index is 1130. The number of amides is 1. The van der Waals surface area contributed by atoms with Crippen LogP contribution in [0.15, 0.2) is 30.6 Å². The van der Waals surface area contributed by atoms with Crippen LogP contribution in [-0.4, -0.2) is 47.4 Å². The van der Waals surface area contributed by atoms with Crippen molar-refractivity contribution in [1.82, 2.24) is 15.3 Å². The molecule has 4 rings (SSSR count). The molecule has 2 aromatic heterocycles. The third-order valence-electron chi connectivity index (χ3n) is 7.36. The van der Waals surface area contributed by atoms with Gasteiger partial charge in [0.15, 0.2) is 5.69 Å². The van der Waals surface area contributed by atoms with Crippen molar-refractivity contribution in [3.05, 3.63) is 46.9 Å². The van der Waals surface area contributed by atoms with Gasteiger partial charge >= 0.3 is 0 Å². The Kier molecular flexibility index (Phi) is 6.74. The number of carbonyl (C=O) groups is 2. The van der Waals surface area contributed by atoms with E-state index in [4.69, 9.17) is 21.6 Å². The van der Waals surface area contributed by atoms with E-state index in [9.17, 15) is 9.59 Å². The second-order valence-corrected chi connectivity index (χ2v) is 10.9. The van der Waals surface area contributed by atoms with Gasteiger partial charge in [0.25, 0.3) is 5.91 Å². The molecule has 3 heterocycles. The molecule has 1 N–H and O–H groups in total. The summed E-state index contributed by atoms with van der Waals surface area (Å²) in [5.74, 6) is 1.25. The predicted octanol–water partition coefficient (Wildman–Crippen LogP) is 4.03. The van der Waals surface area contributed by atoms with E-state index in [-0.39, 0.29) is 45.5 Å². The molecule has 0 atom stereocenters. The number of halogens is 1. The second kappa shape index (κ2) is 9.46. The van der Waals surface area contributed by atoms with E-state index in [0.29, 0.717) is 11.3 Å². The average molecular weight is 496 g/mol. The average Bonchev–Trinajstić information content (AvgIpc) is 2.85. The largest absolute Gasteiger partial charge is 0.487 e. The highest BCUT2D eigenvalue weighted by molar-refractivity contribution is 6.31. The van der Waals surface area contributed by atoms with Crippen LogP contribution in [0, 0.1) is 28.1 Å². The summed E-state index contributed by atoms with van der Waals surface area (Å²) >= 11 is 6.11. The summed E-state index contributed by atoms with van der Waals surface area (Å²) in [6, 6.07) is 7.05. The zero-order valence-electron chi connectivity index (χ0n) is 20.4. The van der Waals surface area contributed by atoms with Crippen LogP contribution in [0.5, 0.6) is 5.75 Å². The maximum absolute atomic E-state index is 13.1. The highest BCUT2D eigenvalue weighted by Crippen LogP contribution is 2.55. The molecule has 1 saturated heterocycles. The Hall–Kier alpha value is -3.18. The highest BCUT2D eigenvalue weighted by Gasteiger charge is 2.64. The zero-order chi connectivity index (χ0) is 25.4. The van der Waals surface area contributed by atoms with Crippen LogP contribution in [0.1, 0.15) is 56.6 Å². The Morgan fingerprint density at radius 3 is 2.43 bits per heavy atom. The number of piperidine rings is 1. The molecule has 1 aliphatic carbocycles. The molecule has 0 aromatic carbocycles. The molecule has 184 valence electrons. The number of hydrogen-bond acceptors (Lipinski definition) is 7. The fourth-order valence-electron chi connectivity index (χ4n) is 5.69. The molecule has 1 amide bonds. The fourth-order valence-corrected chi connectivity index (χ4v) is 5.89. The summed E-state index contributed by atoms with van der Waals surface area (Å²) in [7, 11) is 0. The van der Waals surface area contributed by atoms with Crippen LogP contribution < -0.4 is 15.0 Å². The van der Waals surface area contributed by atoms with E-state index in [2.05, 4.69) is 47.9 Å². The SMILES string of the molecule is CC1(C)[C@H](NC(=O)c2ccc(N3CCC(C=O)CC3)nc2)C(C)(C)[C@H]1Oc1cnc(C#N)c(Cl)c1. The van der Waals surface area contributed by atoms with Gasteiger partial charge in [0, 0.05) is 48.1 Å². The number of carbonyl (C=O) groups excluding carboxylic acids is 2. The van der Waals surface area contributed by atoms with Gasteiger partial charge in [-0.2, -0.15) is 5.26 Å². The van der Waals surface area contributed by atoms with Gasteiger partial charge in [-0.1, -0.05) is 39.3 Å². The van der Waals surface area contributed by atoms with Crippen LogP contribution in [-0.2, 0) is 4.79 Å². The summed E-state index contributed by atoms with van der Waals surface area (Å²) in [5, 5.41) is 12.5. The number of pyridine rings is 2. The van der Waals surface area contributed by atoms with Crippen molar-refractivity contribution in [2.75, 3.05) is 18.0 Å². The molecule has 35 heavy (non-hydrogen) atoms. The number of hydrogen-bond donors (Lipinski definition) is 1. The normalized spacial score (nSPS) is 23.0. The topological polar surface area (TPSA) is 108 Å². The number of anilines is 1. The third-order valence-corrected chi connectivity index (χ3v) is 7.65. The van der Waals surface area contributed by atoms with Crippen LogP contribution in [0.2, 0.25) is 5.02 Å². The fraction of sp³-hybridized carbons (Fsp3) is 0.500. The first-order chi connectivity index (χ1) is 16.6. The Labute approximate surface area is 210 Å². The number of rotatable bonds is 6. The number of nitrogens with zero attached hydrogens (tertiary/aromatic N) is 4. The first kappa shape index (κ1) is 24.9. The standard InChI is InChI=1S/C26H30ClN5O3/c1-25(2)23(26(3,4)24(25)35-18-11-19(27)20(12-28)29-14-18)31-22(34)17-5-6-21(30-13-17)32-9-7-16(15-33)8-10-32/h5-6,11,13-16,23-24H,7-10H2,1-4H3,(H,31,34)/t23-,24-. The van der Waals surface area contributed by atoms with Crippen LogP contribution in [0.4, 0.5) is 5.82 Å². The molecule has 1 saturated carbocycles. The first-order valence-electron chi connectivity index (χ1n) is 11.8. The monoisotopic (exact) mass is 495 g/mol. The van der Waals surface area contributed by atoms with Crippen molar-refractivity contribution in [1.29, 1.82) is 5.26 Å². The molecule has 8 nitrogen and oxygen atoms in total. The Morgan fingerprint density at radius 1 is 1.20 bits per heavy atom. The van der Waals surface area contributed by atoms with Gasteiger partial charge in [-0.25, -0.2) is 9.97 Å². The number of nitriles is 1. The number of aldehydes is 1. The lowest BCUT2D eigenvalue weighted by Crippen LogP contribution is -2.74. The van der Waals surface area contributed by atoms with E-state index < -0.39 is 0 Å². The second-order valence-electron chi connectivity index (χ2n) is 10.5. The minimum atomic E-state index is -0.365. The van der Waals surface area contributed by atoms with E-state index in [1.807, 2.05) is 12.1 Å². The summed E-state index contributed by atoms with van der Waals surface area (Å²) in [6.45, 7) is 9.78. The molecule has 0 spiro atoms. The van der Waals surface area contributed by atoms with Gasteiger partial charge in [0.05, 0.1) is 16.8 Å². The molecule has 9 heteroatoms. The van der Waals surface area contributed by atoms with Crippen LogP contribution >= 0.6 is 11.6 Å². The van der Waals surface area contributed by atoms with E-state index in [1.54, 1.807) is 18.3 Å². The van der Waals surface area contributed by atoms with Gasteiger partial charge in [-0.3, -0.25) is 4.79 Å². The van der Waals surface area contributed by atoms with Gasteiger partial charge in [0.1, 0.15) is 30.0 Å². The van der Waals surface area contributed by atoms with E-state index >= 15 is 0 Å². The third kappa shape index (κ3) is 4.70. The van der Waals surface area contributed by atoms with Crippen molar-refractivity contribution >= 4 is 29.6 Å².